The average molecular weight is 239 g/mol. The number of hydrogen-bond donors (Lipinski definition) is 1. The predicted molar refractivity (Wildman–Crippen MR) is 64.6 cm³/mol. The number of esters is 1. The molecule has 5 heteroatoms. The van der Waals surface area contributed by atoms with Gasteiger partial charge in [-0.25, -0.2) is 4.98 Å². The molecule has 0 aliphatic carbocycles. The number of ether oxygens (including phenoxy) is 1. The summed E-state index contributed by atoms with van der Waals surface area (Å²) >= 11 is 0. The van der Waals surface area contributed by atoms with E-state index < -0.39 is 0 Å². The van der Waals surface area contributed by atoms with Crippen LogP contribution < -0.4 is 0 Å². The number of carbonyl (C=O) groups excluding carboxylic acids is 1. The topological polar surface area (TPSA) is 67.9 Å². The first-order valence-electron chi connectivity index (χ1n) is 6.16. The molecule has 0 saturated carbocycles. The second kappa shape index (κ2) is 6.37. The van der Waals surface area contributed by atoms with E-state index in [9.17, 15) is 4.79 Å². The van der Waals surface area contributed by atoms with Gasteiger partial charge in [0.15, 0.2) is 5.82 Å². The first kappa shape index (κ1) is 13.7. The van der Waals surface area contributed by atoms with Crippen molar-refractivity contribution in [2.24, 2.45) is 5.92 Å². The van der Waals surface area contributed by atoms with Gasteiger partial charge in [0.05, 0.1) is 6.61 Å². The number of aromatic nitrogens is 3. The first-order chi connectivity index (χ1) is 8.08. The van der Waals surface area contributed by atoms with E-state index in [0.29, 0.717) is 24.8 Å². The van der Waals surface area contributed by atoms with Crippen LogP contribution in [0.2, 0.25) is 0 Å². The molecule has 0 aliphatic heterocycles. The second-order valence-corrected chi connectivity index (χ2v) is 4.43. The summed E-state index contributed by atoms with van der Waals surface area (Å²) in [6.45, 7) is 8.32. The Labute approximate surface area is 102 Å². The summed E-state index contributed by atoms with van der Waals surface area (Å²) in [7, 11) is 0. The van der Waals surface area contributed by atoms with E-state index in [1.54, 1.807) is 6.92 Å². The van der Waals surface area contributed by atoms with Crippen molar-refractivity contribution in [1.82, 2.24) is 15.2 Å². The molecule has 1 rings (SSSR count). The summed E-state index contributed by atoms with van der Waals surface area (Å²) in [4.78, 5) is 16.2. The molecule has 1 unspecified atom stereocenters. The van der Waals surface area contributed by atoms with Crippen molar-refractivity contribution < 1.29 is 9.53 Å². The molecule has 1 aromatic rings. The lowest BCUT2D eigenvalue weighted by Gasteiger charge is -2.14. The molecule has 1 N–H and O–H groups in total. The molecule has 0 bridgehead atoms. The Hall–Kier alpha value is -1.39. The maximum Gasteiger partial charge on any atom is 0.316 e. The van der Waals surface area contributed by atoms with Crippen LogP contribution in [0.5, 0.6) is 0 Å². The number of aromatic amines is 1. The fraction of sp³-hybridized carbons (Fsp3) is 0.750. The van der Waals surface area contributed by atoms with Crippen molar-refractivity contribution in [3.05, 3.63) is 11.6 Å². The highest BCUT2D eigenvalue weighted by Gasteiger charge is 2.26. The molecule has 0 aromatic carbocycles. The Kier molecular flexibility index (Phi) is 5.12. The zero-order valence-corrected chi connectivity index (χ0v) is 11.0. The maximum absolute atomic E-state index is 11.9. The number of nitrogens with zero attached hydrogens (tertiary/aromatic N) is 2. The highest BCUT2D eigenvalue weighted by Crippen LogP contribution is 2.22. The van der Waals surface area contributed by atoms with E-state index in [1.165, 1.54) is 0 Å². The second-order valence-electron chi connectivity index (χ2n) is 4.43. The maximum atomic E-state index is 11.9. The summed E-state index contributed by atoms with van der Waals surface area (Å²) in [5, 5.41) is 6.94. The van der Waals surface area contributed by atoms with E-state index in [1.807, 2.05) is 6.92 Å². The summed E-state index contributed by atoms with van der Waals surface area (Å²) in [5.41, 5.74) is 0. The van der Waals surface area contributed by atoms with Gasteiger partial charge in [0, 0.05) is 6.42 Å². The Balaban J connectivity index is 2.84. The van der Waals surface area contributed by atoms with Gasteiger partial charge >= 0.3 is 5.97 Å². The van der Waals surface area contributed by atoms with Crippen LogP contribution in [0.1, 0.15) is 51.7 Å². The van der Waals surface area contributed by atoms with Crippen LogP contribution in [0.15, 0.2) is 0 Å². The molecular weight excluding hydrogens is 218 g/mol. The molecule has 0 amide bonds. The van der Waals surface area contributed by atoms with Gasteiger partial charge in [0.2, 0.25) is 0 Å². The summed E-state index contributed by atoms with van der Waals surface area (Å²) < 4.78 is 5.07. The van der Waals surface area contributed by atoms with Crippen molar-refractivity contribution in [3.63, 3.8) is 0 Å². The molecule has 0 radical (unpaired) electrons. The Morgan fingerprint density at radius 3 is 2.59 bits per heavy atom. The molecule has 0 aliphatic rings. The van der Waals surface area contributed by atoms with E-state index in [-0.39, 0.29) is 11.9 Å². The van der Waals surface area contributed by atoms with E-state index in [2.05, 4.69) is 29.0 Å². The monoisotopic (exact) mass is 239 g/mol. The number of aryl methyl sites for hydroxylation is 1. The number of carbonyl (C=O) groups is 1. The summed E-state index contributed by atoms with van der Waals surface area (Å²) in [5.74, 6) is 1.16. The largest absolute Gasteiger partial charge is 0.465 e. The van der Waals surface area contributed by atoms with Gasteiger partial charge in [-0.05, 0) is 19.3 Å². The quantitative estimate of drug-likeness (QED) is 0.771. The standard InChI is InChI=1S/C12H21N3O2/c1-5-10-13-11(15-14-10)9(7-8(3)4)12(16)17-6-2/h8-9H,5-7H2,1-4H3,(H,13,14,15). The van der Waals surface area contributed by atoms with Crippen molar-refractivity contribution in [3.8, 4) is 0 Å². The Bertz CT molecular complexity index is 360. The van der Waals surface area contributed by atoms with Gasteiger partial charge in [-0.1, -0.05) is 20.8 Å². The van der Waals surface area contributed by atoms with Crippen molar-refractivity contribution in [2.75, 3.05) is 6.61 Å². The third-order valence-electron chi connectivity index (χ3n) is 2.47. The normalized spacial score (nSPS) is 12.8. The minimum absolute atomic E-state index is 0.233. The third kappa shape index (κ3) is 3.84. The van der Waals surface area contributed by atoms with Gasteiger partial charge < -0.3 is 4.74 Å². The van der Waals surface area contributed by atoms with E-state index >= 15 is 0 Å². The SMILES string of the molecule is CCOC(=O)C(CC(C)C)c1n[nH]c(CC)n1. The zero-order chi connectivity index (χ0) is 12.8. The van der Waals surface area contributed by atoms with Gasteiger partial charge in [0.25, 0.3) is 0 Å². The van der Waals surface area contributed by atoms with Crippen LogP contribution in [0.3, 0.4) is 0 Å². The predicted octanol–water partition coefficient (Wildman–Crippen LogP) is 2.06. The minimum atomic E-state index is -0.355. The fourth-order valence-electron chi connectivity index (χ4n) is 1.65. The number of hydrogen-bond acceptors (Lipinski definition) is 4. The lowest BCUT2D eigenvalue weighted by Crippen LogP contribution is -2.19. The average Bonchev–Trinajstić information content (AvgIpc) is 2.74. The molecule has 0 spiro atoms. The Morgan fingerprint density at radius 1 is 1.41 bits per heavy atom. The van der Waals surface area contributed by atoms with Crippen LogP contribution in [0.25, 0.3) is 0 Å². The molecule has 96 valence electrons. The van der Waals surface area contributed by atoms with Crippen molar-refractivity contribution in [1.29, 1.82) is 0 Å². The highest BCUT2D eigenvalue weighted by atomic mass is 16.5. The van der Waals surface area contributed by atoms with Gasteiger partial charge in [-0.15, -0.1) is 0 Å². The number of H-pyrrole nitrogens is 1. The first-order valence-corrected chi connectivity index (χ1v) is 6.16. The van der Waals surface area contributed by atoms with Gasteiger partial charge in [0.1, 0.15) is 11.7 Å². The van der Waals surface area contributed by atoms with Gasteiger partial charge in [-0.3, -0.25) is 9.89 Å². The molecule has 5 nitrogen and oxygen atoms in total. The lowest BCUT2D eigenvalue weighted by atomic mass is 9.96. The summed E-state index contributed by atoms with van der Waals surface area (Å²) in [6, 6.07) is 0. The van der Waals surface area contributed by atoms with Crippen molar-refractivity contribution in [2.45, 2.75) is 46.5 Å². The Morgan fingerprint density at radius 2 is 2.12 bits per heavy atom. The van der Waals surface area contributed by atoms with Crippen molar-refractivity contribution >= 4 is 5.97 Å². The van der Waals surface area contributed by atoms with Crippen LogP contribution in [-0.2, 0) is 16.0 Å². The molecule has 1 aromatic heterocycles. The minimum Gasteiger partial charge on any atom is -0.465 e. The number of rotatable bonds is 6. The highest BCUT2D eigenvalue weighted by molar-refractivity contribution is 5.77. The number of nitrogens with one attached hydrogen (secondary N) is 1. The van der Waals surface area contributed by atoms with E-state index in [4.69, 9.17) is 4.74 Å². The smallest absolute Gasteiger partial charge is 0.316 e. The van der Waals surface area contributed by atoms with Crippen LogP contribution in [0, 0.1) is 5.92 Å². The van der Waals surface area contributed by atoms with Crippen LogP contribution >= 0.6 is 0 Å². The van der Waals surface area contributed by atoms with Gasteiger partial charge in [-0.2, -0.15) is 5.10 Å². The fourth-order valence-corrected chi connectivity index (χ4v) is 1.65. The third-order valence-corrected chi connectivity index (χ3v) is 2.47. The lowest BCUT2D eigenvalue weighted by molar-refractivity contribution is -0.145. The molecular formula is C12H21N3O2. The molecule has 17 heavy (non-hydrogen) atoms. The summed E-state index contributed by atoms with van der Waals surface area (Å²) in [6.07, 6.45) is 1.49. The zero-order valence-electron chi connectivity index (χ0n) is 11.0. The molecule has 0 fully saturated rings. The molecule has 1 atom stereocenters. The van der Waals surface area contributed by atoms with E-state index in [0.717, 1.165) is 12.2 Å². The van der Waals surface area contributed by atoms with Crippen LogP contribution in [-0.4, -0.2) is 27.8 Å². The molecule has 1 heterocycles. The van der Waals surface area contributed by atoms with Crippen LogP contribution in [0.4, 0.5) is 0 Å². The molecule has 0 saturated heterocycles.